The summed E-state index contributed by atoms with van der Waals surface area (Å²) in [7, 11) is 3.97. The van der Waals surface area contributed by atoms with E-state index in [2.05, 4.69) is 56.5 Å². The molecule has 0 spiro atoms. The Morgan fingerprint density at radius 2 is 1.86 bits per heavy atom. The van der Waals surface area contributed by atoms with Crippen LogP contribution < -0.4 is 10.2 Å². The molecule has 0 aliphatic carbocycles. The lowest BCUT2D eigenvalue weighted by atomic mass is 10.2. The van der Waals surface area contributed by atoms with E-state index in [0.717, 1.165) is 45.0 Å². The van der Waals surface area contributed by atoms with Crippen LogP contribution in [0.2, 0.25) is 0 Å². The van der Waals surface area contributed by atoms with Gasteiger partial charge in [0.1, 0.15) is 5.69 Å². The molecule has 2 heterocycles. The number of nitrogens with zero attached hydrogens (tertiary/aromatic N) is 4. The zero-order chi connectivity index (χ0) is 20.5. The van der Waals surface area contributed by atoms with Gasteiger partial charge in [-0.05, 0) is 31.8 Å². The number of hydrogen-bond acceptors (Lipinski definition) is 5. The number of amides is 1. The Bertz CT molecular complexity index is 781. The molecule has 1 aromatic heterocycles. The lowest BCUT2D eigenvalue weighted by Gasteiger charge is -2.35. The van der Waals surface area contributed by atoms with Crippen molar-refractivity contribution in [2.24, 2.45) is 0 Å². The van der Waals surface area contributed by atoms with Crippen LogP contribution in [0, 0.1) is 0 Å². The minimum Gasteiger partial charge on any atom is -0.368 e. The van der Waals surface area contributed by atoms with E-state index in [9.17, 15) is 4.79 Å². The fourth-order valence-electron chi connectivity index (χ4n) is 3.28. The SMILES string of the molecule is CN(C)CCNC(=O)c1ccc(N2CCN(C/C=C/c3ccccc3)CC2)cn1. The summed E-state index contributed by atoms with van der Waals surface area (Å²) in [6.07, 6.45) is 6.22. The third kappa shape index (κ3) is 6.69. The lowest BCUT2D eigenvalue weighted by Crippen LogP contribution is -2.46. The maximum Gasteiger partial charge on any atom is 0.269 e. The van der Waals surface area contributed by atoms with Crippen LogP contribution in [-0.2, 0) is 0 Å². The van der Waals surface area contributed by atoms with Gasteiger partial charge < -0.3 is 15.1 Å². The van der Waals surface area contributed by atoms with E-state index in [1.54, 1.807) is 0 Å². The molecule has 1 saturated heterocycles. The molecule has 29 heavy (non-hydrogen) atoms. The van der Waals surface area contributed by atoms with Crippen molar-refractivity contribution < 1.29 is 4.79 Å². The molecule has 3 rings (SSSR count). The Hall–Kier alpha value is -2.70. The normalized spacial score (nSPS) is 15.2. The number of benzene rings is 1. The third-order valence-corrected chi connectivity index (χ3v) is 5.04. The highest BCUT2D eigenvalue weighted by atomic mass is 16.1. The summed E-state index contributed by atoms with van der Waals surface area (Å²) in [5.74, 6) is -0.117. The molecule has 1 aromatic carbocycles. The van der Waals surface area contributed by atoms with Crippen molar-refractivity contribution in [3.05, 3.63) is 66.0 Å². The van der Waals surface area contributed by atoms with Gasteiger partial charge in [-0.15, -0.1) is 0 Å². The molecule has 1 N–H and O–H groups in total. The molecule has 1 amide bonds. The largest absolute Gasteiger partial charge is 0.368 e. The fourth-order valence-corrected chi connectivity index (χ4v) is 3.28. The van der Waals surface area contributed by atoms with Gasteiger partial charge in [-0.2, -0.15) is 0 Å². The minimum atomic E-state index is -0.117. The lowest BCUT2D eigenvalue weighted by molar-refractivity contribution is 0.0946. The van der Waals surface area contributed by atoms with Crippen LogP contribution in [0.25, 0.3) is 6.08 Å². The fraction of sp³-hybridized carbons (Fsp3) is 0.391. The highest BCUT2D eigenvalue weighted by Crippen LogP contribution is 2.16. The van der Waals surface area contributed by atoms with E-state index in [-0.39, 0.29) is 5.91 Å². The van der Waals surface area contributed by atoms with Crippen molar-refractivity contribution in [2.45, 2.75) is 0 Å². The molecular weight excluding hydrogens is 362 g/mol. The molecule has 1 fully saturated rings. The highest BCUT2D eigenvalue weighted by molar-refractivity contribution is 5.92. The average Bonchev–Trinajstić information content (AvgIpc) is 2.75. The topological polar surface area (TPSA) is 51.7 Å². The number of carbonyl (C=O) groups is 1. The van der Waals surface area contributed by atoms with E-state index in [1.807, 2.05) is 43.4 Å². The number of piperazine rings is 1. The van der Waals surface area contributed by atoms with E-state index in [4.69, 9.17) is 0 Å². The van der Waals surface area contributed by atoms with E-state index in [0.29, 0.717) is 12.2 Å². The Kier molecular flexibility index (Phi) is 7.78. The van der Waals surface area contributed by atoms with Gasteiger partial charge in [0, 0.05) is 45.8 Å². The summed E-state index contributed by atoms with van der Waals surface area (Å²) in [5.41, 5.74) is 2.79. The predicted octanol–water partition coefficient (Wildman–Crippen LogP) is 2.21. The quantitative estimate of drug-likeness (QED) is 0.745. The number of carbonyl (C=O) groups excluding carboxylic acids is 1. The standard InChI is InChI=1S/C23H31N5O/c1-26(2)14-12-24-23(29)22-11-10-21(19-25-22)28-17-15-27(16-18-28)13-6-9-20-7-4-3-5-8-20/h3-11,19H,12-18H2,1-2H3,(H,24,29)/b9-6+. The molecular formula is C23H31N5O. The van der Waals surface area contributed by atoms with Crippen molar-refractivity contribution in [1.29, 1.82) is 0 Å². The van der Waals surface area contributed by atoms with Crippen LogP contribution in [-0.4, -0.2) is 80.6 Å². The number of rotatable bonds is 8. The Labute approximate surface area is 173 Å². The second-order valence-corrected chi connectivity index (χ2v) is 7.56. The van der Waals surface area contributed by atoms with E-state index in [1.165, 1.54) is 5.56 Å². The first-order valence-corrected chi connectivity index (χ1v) is 10.2. The zero-order valence-electron chi connectivity index (χ0n) is 17.4. The monoisotopic (exact) mass is 393 g/mol. The summed E-state index contributed by atoms with van der Waals surface area (Å²) < 4.78 is 0. The number of anilines is 1. The van der Waals surface area contributed by atoms with Crippen molar-refractivity contribution in [3.63, 3.8) is 0 Å². The van der Waals surface area contributed by atoms with Crippen molar-refractivity contribution in [1.82, 2.24) is 20.1 Å². The molecule has 0 radical (unpaired) electrons. The van der Waals surface area contributed by atoms with Crippen LogP contribution >= 0.6 is 0 Å². The number of nitrogens with one attached hydrogen (secondary N) is 1. The first-order valence-electron chi connectivity index (χ1n) is 10.2. The van der Waals surface area contributed by atoms with Crippen LogP contribution in [0.1, 0.15) is 16.1 Å². The number of pyridine rings is 1. The van der Waals surface area contributed by atoms with Crippen LogP contribution in [0.15, 0.2) is 54.7 Å². The summed E-state index contributed by atoms with van der Waals surface area (Å²) in [6, 6.07) is 14.2. The van der Waals surface area contributed by atoms with Crippen LogP contribution in [0.4, 0.5) is 5.69 Å². The first kappa shape index (κ1) is 21.0. The van der Waals surface area contributed by atoms with Crippen LogP contribution in [0.3, 0.4) is 0 Å². The maximum atomic E-state index is 12.1. The summed E-state index contributed by atoms with van der Waals surface area (Å²) in [4.78, 5) is 23.3. The maximum absolute atomic E-state index is 12.1. The van der Waals surface area contributed by atoms with Gasteiger partial charge in [-0.3, -0.25) is 9.69 Å². The smallest absolute Gasteiger partial charge is 0.269 e. The zero-order valence-corrected chi connectivity index (χ0v) is 17.4. The molecule has 1 aliphatic heterocycles. The number of likely N-dealkylation sites (N-methyl/N-ethyl adjacent to an activating group) is 1. The molecule has 154 valence electrons. The summed E-state index contributed by atoms with van der Waals surface area (Å²) in [5, 5.41) is 2.90. The van der Waals surface area contributed by atoms with Gasteiger partial charge in [0.2, 0.25) is 0 Å². The van der Waals surface area contributed by atoms with Crippen LogP contribution in [0.5, 0.6) is 0 Å². The molecule has 2 aromatic rings. The highest BCUT2D eigenvalue weighted by Gasteiger charge is 2.17. The Morgan fingerprint density at radius 3 is 2.52 bits per heavy atom. The predicted molar refractivity (Wildman–Crippen MR) is 119 cm³/mol. The van der Waals surface area contributed by atoms with Crippen molar-refractivity contribution >= 4 is 17.7 Å². The summed E-state index contributed by atoms with van der Waals surface area (Å²) in [6.45, 7) is 6.37. The Morgan fingerprint density at radius 1 is 1.10 bits per heavy atom. The molecule has 0 saturated carbocycles. The second kappa shape index (κ2) is 10.7. The van der Waals surface area contributed by atoms with Crippen molar-refractivity contribution in [3.8, 4) is 0 Å². The molecule has 0 unspecified atom stereocenters. The van der Waals surface area contributed by atoms with Gasteiger partial charge in [0.15, 0.2) is 0 Å². The summed E-state index contributed by atoms with van der Waals surface area (Å²) >= 11 is 0. The van der Waals surface area contributed by atoms with Gasteiger partial charge >= 0.3 is 0 Å². The molecule has 6 nitrogen and oxygen atoms in total. The van der Waals surface area contributed by atoms with Gasteiger partial charge in [0.25, 0.3) is 5.91 Å². The van der Waals surface area contributed by atoms with Gasteiger partial charge in [-0.25, -0.2) is 4.98 Å². The minimum absolute atomic E-state index is 0.117. The second-order valence-electron chi connectivity index (χ2n) is 7.56. The van der Waals surface area contributed by atoms with Gasteiger partial charge in [-0.1, -0.05) is 42.5 Å². The Balaban J connectivity index is 1.43. The first-order chi connectivity index (χ1) is 14.1. The number of aromatic nitrogens is 1. The molecule has 0 atom stereocenters. The van der Waals surface area contributed by atoms with E-state index >= 15 is 0 Å². The number of hydrogen-bond donors (Lipinski definition) is 1. The van der Waals surface area contributed by atoms with Gasteiger partial charge in [0.05, 0.1) is 11.9 Å². The van der Waals surface area contributed by atoms with E-state index < -0.39 is 0 Å². The average molecular weight is 394 g/mol. The third-order valence-electron chi connectivity index (χ3n) is 5.04. The molecule has 1 aliphatic rings. The van der Waals surface area contributed by atoms with Crippen molar-refractivity contribution in [2.75, 3.05) is 64.8 Å². The molecule has 6 heteroatoms. The molecule has 0 bridgehead atoms.